The number of fused-ring (bicyclic) bond motifs is 8. The van der Waals surface area contributed by atoms with Crippen molar-refractivity contribution in [3.63, 3.8) is 0 Å². The van der Waals surface area contributed by atoms with E-state index in [1.54, 1.807) is 11.9 Å². The fraction of sp³-hybridized carbons (Fsp3) is 0. The lowest BCUT2D eigenvalue weighted by atomic mass is 9.93. The maximum absolute atomic E-state index is 4.21. The molecule has 0 fully saturated rings. The maximum Gasteiger partial charge on any atom is 0.105 e. The second-order valence-corrected chi connectivity index (χ2v) is 11.7. The minimum absolute atomic E-state index is 1.22. The first-order valence-electron chi connectivity index (χ1n) is 13.5. The van der Waals surface area contributed by atoms with Gasteiger partial charge in [-0.25, -0.2) is 4.98 Å². The van der Waals surface area contributed by atoms with Gasteiger partial charge in [0.15, 0.2) is 0 Å². The van der Waals surface area contributed by atoms with Crippen molar-refractivity contribution in [2.75, 3.05) is 0 Å². The topological polar surface area (TPSA) is 17.8 Å². The van der Waals surface area contributed by atoms with E-state index in [0.29, 0.717) is 0 Å². The highest BCUT2D eigenvalue weighted by molar-refractivity contribution is 7.98. The molecule has 1 heterocycles. The lowest BCUT2D eigenvalue weighted by molar-refractivity contribution is 1.22. The number of hydrogen-bond acceptors (Lipinski definition) is 2. The number of hydrogen-bond donors (Lipinski definition) is 0. The van der Waals surface area contributed by atoms with Crippen LogP contribution < -0.4 is 0 Å². The number of imidazole rings is 1. The minimum Gasteiger partial charge on any atom is -0.276 e. The Morgan fingerprint density at radius 1 is 0.425 bits per heavy atom. The maximum atomic E-state index is 4.21. The molecule has 0 spiro atoms. The summed E-state index contributed by atoms with van der Waals surface area (Å²) < 4.78 is 2.05. The van der Waals surface area contributed by atoms with Crippen LogP contribution in [0.15, 0.2) is 139 Å². The van der Waals surface area contributed by atoms with Gasteiger partial charge < -0.3 is 0 Å². The third-order valence-corrected chi connectivity index (χ3v) is 9.19. The van der Waals surface area contributed by atoms with Gasteiger partial charge in [0.2, 0.25) is 0 Å². The Bertz CT molecular complexity index is 2460. The van der Waals surface area contributed by atoms with Crippen molar-refractivity contribution in [2.24, 2.45) is 0 Å². The van der Waals surface area contributed by atoms with Crippen molar-refractivity contribution in [2.45, 2.75) is 4.90 Å². The van der Waals surface area contributed by atoms with Gasteiger partial charge in [-0.3, -0.25) is 3.97 Å². The molecule has 0 radical (unpaired) electrons. The van der Waals surface area contributed by atoms with Crippen LogP contribution in [0.3, 0.4) is 0 Å². The van der Waals surface area contributed by atoms with Crippen LogP contribution in [0, 0.1) is 0 Å². The third kappa shape index (κ3) is 3.41. The predicted molar refractivity (Wildman–Crippen MR) is 172 cm³/mol. The minimum atomic E-state index is 1.22. The zero-order valence-electron chi connectivity index (χ0n) is 21.5. The van der Waals surface area contributed by atoms with Crippen LogP contribution in [0.25, 0.3) is 75.4 Å². The normalized spacial score (nSPS) is 12.1. The molecule has 0 saturated carbocycles. The molecule has 0 aliphatic heterocycles. The molecular weight excluding hydrogens is 504 g/mol. The van der Waals surface area contributed by atoms with Gasteiger partial charge in [0.05, 0.1) is 0 Å². The second kappa shape index (κ2) is 8.32. The van der Waals surface area contributed by atoms with Crippen molar-refractivity contribution < 1.29 is 0 Å². The van der Waals surface area contributed by atoms with Crippen molar-refractivity contribution >= 4 is 87.4 Å². The van der Waals surface area contributed by atoms with Gasteiger partial charge in [-0.2, -0.15) is 0 Å². The van der Waals surface area contributed by atoms with Gasteiger partial charge in [-0.05, 0) is 154 Å². The first kappa shape index (κ1) is 22.0. The Labute approximate surface area is 234 Å². The summed E-state index contributed by atoms with van der Waals surface area (Å²) in [4.78, 5) is 5.43. The van der Waals surface area contributed by atoms with E-state index >= 15 is 0 Å². The van der Waals surface area contributed by atoms with Crippen LogP contribution in [0.4, 0.5) is 0 Å². The van der Waals surface area contributed by atoms with Gasteiger partial charge >= 0.3 is 0 Å². The SMILES string of the molecule is c1ccc2cc3cc4cc5c(ccc6cc7cc8cccc(Sn9ccnc9)c8cc7cc65)cc4cc3cc2c1. The van der Waals surface area contributed by atoms with Crippen LogP contribution in [0.5, 0.6) is 0 Å². The monoisotopic (exact) mass is 526 g/mol. The van der Waals surface area contributed by atoms with E-state index in [9.17, 15) is 0 Å². The highest BCUT2D eigenvalue weighted by Crippen LogP contribution is 2.37. The smallest absolute Gasteiger partial charge is 0.105 e. The molecule has 3 heteroatoms. The largest absolute Gasteiger partial charge is 0.276 e. The first-order chi connectivity index (χ1) is 19.7. The molecule has 0 unspecified atom stereocenters. The van der Waals surface area contributed by atoms with Gasteiger partial charge in [-0.15, -0.1) is 0 Å². The average molecular weight is 527 g/mol. The van der Waals surface area contributed by atoms with E-state index in [0.717, 1.165) is 0 Å². The molecular formula is C37H22N2S. The molecule has 8 aromatic carbocycles. The first-order valence-corrected chi connectivity index (χ1v) is 14.3. The Morgan fingerprint density at radius 2 is 0.900 bits per heavy atom. The number of benzene rings is 8. The Morgan fingerprint density at radius 3 is 1.50 bits per heavy atom. The quantitative estimate of drug-likeness (QED) is 0.165. The van der Waals surface area contributed by atoms with Gasteiger partial charge in [-0.1, -0.05) is 48.5 Å². The van der Waals surface area contributed by atoms with E-state index < -0.39 is 0 Å². The number of nitrogens with zero attached hydrogens (tertiary/aromatic N) is 2. The Balaban J connectivity index is 1.28. The van der Waals surface area contributed by atoms with Gasteiger partial charge in [0, 0.05) is 17.3 Å². The van der Waals surface area contributed by atoms with Crippen molar-refractivity contribution in [1.29, 1.82) is 0 Å². The van der Waals surface area contributed by atoms with Crippen molar-refractivity contribution in [1.82, 2.24) is 8.96 Å². The summed E-state index contributed by atoms with van der Waals surface area (Å²) in [5.74, 6) is 0. The van der Waals surface area contributed by atoms with Crippen LogP contribution in [0.2, 0.25) is 0 Å². The van der Waals surface area contributed by atoms with E-state index in [-0.39, 0.29) is 0 Å². The fourth-order valence-corrected chi connectivity index (χ4v) is 7.10. The molecule has 0 N–H and O–H groups in total. The van der Waals surface area contributed by atoms with Crippen molar-refractivity contribution in [3.05, 3.63) is 134 Å². The Hall–Kier alpha value is -4.86. The highest BCUT2D eigenvalue weighted by atomic mass is 32.2. The van der Waals surface area contributed by atoms with E-state index in [4.69, 9.17) is 0 Å². The van der Waals surface area contributed by atoms with Gasteiger partial charge in [0.1, 0.15) is 6.33 Å². The summed E-state index contributed by atoms with van der Waals surface area (Å²) in [7, 11) is 0. The number of aromatic nitrogens is 2. The summed E-state index contributed by atoms with van der Waals surface area (Å²) in [5, 5.41) is 17.9. The average Bonchev–Trinajstić information content (AvgIpc) is 3.49. The molecule has 2 nitrogen and oxygen atoms in total. The van der Waals surface area contributed by atoms with Crippen LogP contribution in [0.1, 0.15) is 0 Å². The molecule has 40 heavy (non-hydrogen) atoms. The molecule has 0 atom stereocenters. The summed E-state index contributed by atoms with van der Waals surface area (Å²) in [6.07, 6.45) is 5.65. The summed E-state index contributed by atoms with van der Waals surface area (Å²) >= 11 is 1.70. The summed E-state index contributed by atoms with van der Waals surface area (Å²) in [6, 6.07) is 43.1. The van der Waals surface area contributed by atoms with Crippen LogP contribution >= 0.6 is 11.9 Å². The molecule has 9 aromatic rings. The molecule has 1 aromatic heterocycles. The van der Waals surface area contributed by atoms with Crippen LogP contribution in [-0.2, 0) is 0 Å². The zero-order chi connectivity index (χ0) is 26.2. The molecule has 0 saturated heterocycles. The fourth-order valence-electron chi connectivity index (χ4n) is 6.24. The molecule has 0 aliphatic carbocycles. The van der Waals surface area contributed by atoms with Crippen LogP contribution in [-0.4, -0.2) is 8.96 Å². The van der Waals surface area contributed by atoms with Crippen molar-refractivity contribution in [3.8, 4) is 0 Å². The summed E-state index contributed by atoms with van der Waals surface area (Å²) in [5.41, 5.74) is 0. The standard InChI is InChI=1S/C37H22N2S/c1-2-5-24-13-29-18-32-19-34-27(16-31(32)17-28(29)12-23(24)4-1)9-8-26-15-30-14-25-6-3-7-37(40-39-11-10-38-22-39)36(25)21-33(30)20-35(26)34/h1-22H. The molecule has 186 valence electrons. The lowest BCUT2D eigenvalue weighted by Crippen LogP contribution is -1.86. The van der Waals surface area contributed by atoms with E-state index in [2.05, 4.69) is 120 Å². The third-order valence-electron chi connectivity index (χ3n) is 8.21. The van der Waals surface area contributed by atoms with Gasteiger partial charge in [0.25, 0.3) is 0 Å². The zero-order valence-corrected chi connectivity index (χ0v) is 22.3. The predicted octanol–water partition coefficient (Wildman–Crippen LogP) is 10.5. The molecule has 0 amide bonds. The highest BCUT2D eigenvalue weighted by Gasteiger charge is 2.10. The lowest BCUT2D eigenvalue weighted by Gasteiger charge is -2.12. The Kier molecular flexibility index (Phi) is 4.58. The molecule has 9 rings (SSSR count). The molecule has 0 aliphatic rings. The van der Waals surface area contributed by atoms with E-state index in [1.807, 2.05) is 22.7 Å². The molecule has 0 bridgehead atoms. The number of rotatable bonds is 2. The summed E-state index contributed by atoms with van der Waals surface area (Å²) in [6.45, 7) is 0. The van der Waals surface area contributed by atoms with E-state index in [1.165, 1.54) is 80.3 Å². The second-order valence-electron chi connectivity index (χ2n) is 10.6.